The van der Waals surface area contributed by atoms with Gasteiger partial charge in [0.15, 0.2) is 6.29 Å². The maximum atomic E-state index is 12.8. The van der Waals surface area contributed by atoms with E-state index in [0.717, 1.165) is 28.1 Å². The van der Waals surface area contributed by atoms with Crippen molar-refractivity contribution in [2.45, 2.75) is 37.2 Å². The third-order valence-corrected chi connectivity index (χ3v) is 9.48. The number of amides is 2. The first-order chi connectivity index (χ1) is 25.0. The standard InChI is InChI=1S/C39H36N6O5S/c1-26-35(25-51-39-42-43-44-45(39)32-8-4-2-5-9-32)49-37(50-36(26)28-14-12-27(24-46)13-15-28)29-16-18-30(19-17-29)40-38(47)41-31-20-22-34(23-21-31)48-33-10-6-3-7-11-33/h2-23,26,35-37,46H,24-25H2,1H3,(H2,40,41,47)/t26-,35+,36+,37+/m0/s1. The lowest BCUT2D eigenvalue weighted by molar-refractivity contribution is -0.268. The molecule has 1 aromatic heterocycles. The molecule has 51 heavy (non-hydrogen) atoms. The van der Waals surface area contributed by atoms with E-state index in [-0.39, 0.29) is 30.8 Å². The van der Waals surface area contributed by atoms with Gasteiger partial charge in [-0.3, -0.25) is 0 Å². The Labute approximate surface area is 299 Å². The van der Waals surface area contributed by atoms with Crippen LogP contribution in [-0.2, 0) is 16.1 Å². The number of carbonyl (C=O) groups excluding carboxylic acids is 1. The van der Waals surface area contributed by atoms with Crippen LogP contribution in [0.3, 0.4) is 0 Å². The van der Waals surface area contributed by atoms with Crippen molar-refractivity contribution in [2.75, 3.05) is 16.4 Å². The number of nitrogens with zero attached hydrogens (tertiary/aromatic N) is 4. The van der Waals surface area contributed by atoms with E-state index in [9.17, 15) is 9.90 Å². The van der Waals surface area contributed by atoms with E-state index in [2.05, 4.69) is 33.1 Å². The lowest BCUT2D eigenvalue weighted by Gasteiger charge is -2.41. The Hall–Kier alpha value is -5.53. The van der Waals surface area contributed by atoms with Crippen LogP contribution in [0.15, 0.2) is 139 Å². The molecule has 0 spiro atoms. The second-order valence-corrected chi connectivity index (χ2v) is 13.0. The summed E-state index contributed by atoms with van der Waals surface area (Å²) in [6.45, 7) is 2.08. The molecule has 3 N–H and O–H groups in total. The predicted molar refractivity (Wildman–Crippen MR) is 195 cm³/mol. The molecule has 0 unspecified atom stereocenters. The number of aliphatic hydroxyl groups is 1. The Bertz CT molecular complexity index is 2010. The van der Waals surface area contributed by atoms with Crippen LogP contribution in [0.5, 0.6) is 11.5 Å². The molecule has 7 rings (SSSR count). The number of ether oxygens (including phenoxy) is 3. The predicted octanol–water partition coefficient (Wildman–Crippen LogP) is 8.17. The molecule has 4 atom stereocenters. The molecule has 0 aliphatic carbocycles. The SMILES string of the molecule is C[C@H]1[C@@H](CSc2nnnn2-c2ccccc2)O[C@@H](c2ccc(NC(=O)Nc3ccc(Oc4ccccc4)cc3)cc2)O[C@H]1c1ccc(CO)cc1. The normalized spacial score (nSPS) is 18.5. The molecule has 12 heteroatoms. The van der Waals surface area contributed by atoms with Crippen molar-refractivity contribution in [2.24, 2.45) is 5.92 Å². The fraction of sp³-hybridized carbons (Fsp3) is 0.179. The van der Waals surface area contributed by atoms with Crippen LogP contribution in [0.25, 0.3) is 5.69 Å². The van der Waals surface area contributed by atoms with Crippen LogP contribution < -0.4 is 15.4 Å². The van der Waals surface area contributed by atoms with Gasteiger partial charge in [-0.2, -0.15) is 4.68 Å². The second kappa shape index (κ2) is 16.0. The molecule has 0 bridgehead atoms. The van der Waals surface area contributed by atoms with Crippen molar-refractivity contribution in [3.63, 3.8) is 0 Å². The van der Waals surface area contributed by atoms with E-state index in [0.29, 0.717) is 28.0 Å². The van der Waals surface area contributed by atoms with E-state index >= 15 is 0 Å². The molecule has 1 aliphatic heterocycles. The smallest absolute Gasteiger partial charge is 0.323 e. The van der Waals surface area contributed by atoms with Gasteiger partial charge < -0.3 is 30.0 Å². The van der Waals surface area contributed by atoms with Gasteiger partial charge in [-0.05, 0) is 82.2 Å². The lowest BCUT2D eigenvalue weighted by Crippen LogP contribution is -2.38. The van der Waals surface area contributed by atoms with Gasteiger partial charge >= 0.3 is 6.03 Å². The molecule has 2 amide bonds. The van der Waals surface area contributed by atoms with Crippen molar-refractivity contribution < 1.29 is 24.1 Å². The van der Waals surface area contributed by atoms with E-state index in [1.54, 1.807) is 28.9 Å². The number of para-hydroxylation sites is 2. The zero-order valence-electron chi connectivity index (χ0n) is 27.7. The van der Waals surface area contributed by atoms with Crippen LogP contribution in [0.1, 0.15) is 36.0 Å². The average Bonchev–Trinajstić information content (AvgIpc) is 3.65. The molecule has 1 fully saturated rings. The molecule has 5 aromatic carbocycles. The minimum Gasteiger partial charge on any atom is -0.457 e. The maximum absolute atomic E-state index is 12.8. The maximum Gasteiger partial charge on any atom is 0.323 e. The van der Waals surface area contributed by atoms with Gasteiger partial charge in [0, 0.05) is 28.6 Å². The van der Waals surface area contributed by atoms with Crippen LogP contribution in [0.4, 0.5) is 16.2 Å². The highest BCUT2D eigenvalue weighted by Crippen LogP contribution is 2.43. The van der Waals surface area contributed by atoms with Crippen LogP contribution >= 0.6 is 11.8 Å². The van der Waals surface area contributed by atoms with Gasteiger partial charge in [0.25, 0.3) is 0 Å². The summed E-state index contributed by atoms with van der Waals surface area (Å²) in [7, 11) is 0. The van der Waals surface area contributed by atoms with Gasteiger partial charge in [0.05, 0.1) is 24.5 Å². The number of rotatable bonds is 11. The van der Waals surface area contributed by atoms with Gasteiger partial charge in [-0.25, -0.2) is 4.79 Å². The molecule has 258 valence electrons. The van der Waals surface area contributed by atoms with Crippen LogP contribution in [0.2, 0.25) is 0 Å². The summed E-state index contributed by atoms with van der Waals surface area (Å²) in [6.07, 6.45) is -1.16. The van der Waals surface area contributed by atoms with Gasteiger partial charge in [-0.15, -0.1) is 5.10 Å². The number of tetrazole rings is 1. The molecular weight excluding hydrogens is 665 g/mol. The number of benzene rings is 5. The quantitative estimate of drug-likeness (QED) is 0.115. The topological polar surface area (TPSA) is 133 Å². The van der Waals surface area contributed by atoms with Gasteiger partial charge in [0.2, 0.25) is 5.16 Å². The molecule has 1 saturated heterocycles. The van der Waals surface area contributed by atoms with Crippen molar-refractivity contribution in [1.82, 2.24) is 20.2 Å². The summed E-state index contributed by atoms with van der Waals surface area (Å²) in [5.41, 5.74) is 4.74. The summed E-state index contributed by atoms with van der Waals surface area (Å²) >= 11 is 1.52. The number of hydrogen-bond acceptors (Lipinski definition) is 9. The third kappa shape index (κ3) is 8.44. The van der Waals surface area contributed by atoms with Crippen molar-refractivity contribution in [1.29, 1.82) is 0 Å². The molecule has 1 aliphatic rings. The average molecular weight is 701 g/mol. The number of aliphatic hydroxyl groups excluding tert-OH is 1. The van der Waals surface area contributed by atoms with Crippen LogP contribution in [-0.4, -0.2) is 43.2 Å². The molecular formula is C39H36N6O5S. The van der Waals surface area contributed by atoms with Gasteiger partial charge in [0.1, 0.15) is 11.5 Å². The van der Waals surface area contributed by atoms with Crippen molar-refractivity contribution >= 4 is 29.2 Å². The fourth-order valence-corrected chi connectivity index (χ4v) is 6.77. The Kier molecular flexibility index (Phi) is 10.6. The Morgan fingerprint density at radius 1 is 0.784 bits per heavy atom. The Balaban J connectivity index is 1.02. The van der Waals surface area contributed by atoms with E-state index in [1.165, 1.54) is 11.8 Å². The first kappa shape index (κ1) is 33.9. The summed E-state index contributed by atoms with van der Waals surface area (Å²) in [5, 5.41) is 28.3. The highest BCUT2D eigenvalue weighted by atomic mass is 32.2. The lowest BCUT2D eigenvalue weighted by atomic mass is 9.91. The first-order valence-electron chi connectivity index (χ1n) is 16.5. The highest BCUT2D eigenvalue weighted by molar-refractivity contribution is 7.99. The number of hydrogen-bond donors (Lipinski definition) is 3. The molecule has 11 nitrogen and oxygen atoms in total. The summed E-state index contributed by atoms with van der Waals surface area (Å²) in [5.74, 6) is 1.97. The van der Waals surface area contributed by atoms with Gasteiger partial charge in [-0.1, -0.05) is 91.5 Å². The Morgan fingerprint density at radius 2 is 1.39 bits per heavy atom. The number of carbonyl (C=O) groups is 1. The van der Waals surface area contributed by atoms with E-state index in [4.69, 9.17) is 14.2 Å². The van der Waals surface area contributed by atoms with Crippen molar-refractivity contribution in [3.05, 3.63) is 150 Å². The fourth-order valence-electron chi connectivity index (χ4n) is 5.71. The number of urea groups is 1. The molecule has 2 heterocycles. The second-order valence-electron chi connectivity index (χ2n) is 12.0. The number of nitrogens with one attached hydrogen (secondary N) is 2. The Morgan fingerprint density at radius 3 is 2.06 bits per heavy atom. The summed E-state index contributed by atoms with van der Waals surface area (Å²) in [6, 6.07) is 41.3. The molecule has 0 saturated carbocycles. The molecule has 0 radical (unpaired) electrons. The highest BCUT2D eigenvalue weighted by Gasteiger charge is 2.38. The zero-order valence-corrected chi connectivity index (χ0v) is 28.5. The number of thioether (sulfide) groups is 1. The minimum absolute atomic E-state index is 0.0154. The summed E-state index contributed by atoms with van der Waals surface area (Å²) in [4.78, 5) is 12.8. The number of aromatic nitrogens is 4. The molecule has 6 aromatic rings. The minimum atomic E-state index is -0.668. The van der Waals surface area contributed by atoms with E-state index < -0.39 is 6.29 Å². The first-order valence-corrected chi connectivity index (χ1v) is 17.5. The summed E-state index contributed by atoms with van der Waals surface area (Å²) < 4.78 is 20.8. The third-order valence-electron chi connectivity index (χ3n) is 8.47. The monoisotopic (exact) mass is 700 g/mol. The largest absolute Gasteiger partial charge is 0.457 e. The number of anilines is 2. The van der Waals surface area contributed by atoms with Crippen LogP contribution in [0, 0.1) is 5.92 Å². The van der Waals surface area contributed by atoms with Crippen molar-refractivity contribution in [3.8, 4) is 17.2 Å². The van der Waals surface area contributed by atoms with E-state index in [1.807, 2.05) is 109 Å². The zero-order chi connectivity index (χ0) is 35.0.